The van der Waals surface area contributed by atoms with Crippen LogP contribution >= 0.6 is 11.3 Å². The summed E-state index contributed by atoms with van der Waals surface area (Å²) in [6, 6.07) is 9.23. The first kappa shape index (κ1) is 15.1. The van der Waals surface area contributed by atoms with E-state index in [0.29, 0.717) is 17.8 Å². The molecule has 1 aromatic carbocycles. The highest BCUT2D eigenvalue weighted by atomic mass is 32.1. The van der Waals surface area contributed by atoms with Crippen molar-refractivity contribution < 1.29 is 14.7 Å². The van der Waals surface area contributed by atoms with Crippen molar-refractivity contribution in [1.29, 1.82) is 0 Å². The standard InChI is InChI=1S/C15H16N2O3S/c16-12-7-6-10(9-11(12)13-3-2-8-21-13)17-14(18)4-1-5-15(19)20/h2-3,6-9H,1,4-5,16H2,(H,17,18)(H,19,20). The highest BCUT2D eigenvalue weighted by Gasteiger charge is 2.08. The molecule has 2 rings (SSSR count). The maximum absolute atomic E-state index is 11.7. The van der Waals surface area contributed by atoms with Gasteiger partial charge in [-0.05, 0) is 36.1 Å². The van der Waals surface area contributed by atoms with E-state index in [2.05, 4.69) is 5.32 Å². The maximum Gasteiger partial charge on any atom is 0.303 e. The van der Waals surface area contributed by atoms with Gasteiger partial charge < -0.3 is 16.2 Å². The van der Waals surface area contributed by atoms with E-state index < -0.39 is 5.97 Å². The van der Waals surface area contributed by atoms with Crippen LogP contribution in [0.1, 0.15) is 19.3 Å². The van der Waals surface area contributed by atoms with Gasteiger partial charge in [-0.3, -0.25) is 9.59 Å². The predicted molar refractivity (Wildman–Crippen MR) is 84.3 cm³/mol. The van der Waals surface area contributed by atoms with Crippen molar-refractivity contribution in [2.24, 2.45) is 0 Å². The van der Waals surface area contributed by atoms with E-state index in [1.54, 1.807) is 23.5 Å². The van der Waals surface area contributed by atoms with Crippen molar-refractivity contribution in [3.63, 3.8) is 0 Å². The highest BCUT2D eigenvalue weighted by Crippen LogP contribution is 2.32. The Morgan fingerprint density at radius 2 is 2.05 bits per heavy atom. The number of aliphatic carboxylic acids is 1. The number of nitrogens with two attached hydrogens (primary N) is 1. The third-order valence-electron chi connectivity index (χ3n) is 2.92. The Morgan fingerprint density at radius 1 is 1.24 bits per heavy atom. The number of anilines is 2. The third kappa shape index (κ3) is 4.32. The van der Waals surface area contributed by atoms with Crippen LogP contribution in [0.4, 0.5) is 11.4 Å². The van der Waals surface area contributed by atoms with Gasteiger partial charge in [0.15, 0.2) is 0 Å². The first-order chi connectivity index (χ1) is 10.1. The average Bonchev–Trinajstić information content (AvgIpc) is 2.94. The number of hydrogen-bond acceptors (Lipinski definition) is 4. The Balaban J connectivity index is 2.03. The van der Waals surface area contributed by atoms with Crippen LogP contribution in [0.25, 0.3) is 10.4 Å². The molecule has 110 valence electrons. The first-order valence-electron chi connectivity index (χ1n) is 6.51. The van der Waals surface area contributed by atoms with Crippen molar-refractivity contribution >= 4 is 34.6 Å². The van der Waals surface area contributed by atoms with Crippen LogP contribution in [0.3, 0.4) is 0 Å². The van der Waals surface area contributed by atoms with Crippen LogP contribution in [-0.4, -0.2) is 17.0 Å². The third-order valence-corrected chi connectivity index (χ3v) is 3.82. The molecule has 0 saturated carbocycles. The van der Waals surface area contributed by atoms with Gasteiger partial charge in [-0.2, -0.15) is 0 Å². The summed E-state index contributed by atoms with van der Waals surface area (Å²) >= 11 is 1.58. The molecule has 4 N–H and O–H groups in total. The summed E-state index contributed by atoms with van der Waals surface area (Å²) in [4.78, 5) is 23.2. The molecule has 5 nitrogen and oxygen atoms in total. The number of amides is 1. The number of carboxylic acids is 1. The second-order valence-electron chi connectivity index (χ2n) is 4.57. The average molecular weight is 304 g/mol. The molecule has 1 heterocycles. The Morgan fingerprint density at radius 3 is 2.71 bits per heavy atom. The molecule has 0 fully saturated rings. The van der Waals surface area contributed by atoms with Crippen LogP contribution in [0.15, 0.2) is 35.7 Å². The van der Waals surface area contributed by atoms with Crippen molar-refractivity contribution in [1.82, 2.24) is 0 Å². The number of benzene rings is 1. The monoisotopic (exact) mass is 304 g/mol. The lowest BCUT2D eigenvalue weighted by Gasteiger charge is -2.09. The quantitative estimate of drug-likeness (QED) is 0.715. The van der Waals surface area contributed by atoms with E-state index in [9.17, 15) is 9.59 Å². The lowest BCUT2D eigenvalue weighted by atomic mass is 10.1. The van der Waals surface area contributed by atoms with Crippen molar-refractivity contribution in [3.8, 4) is 10.4 Å². The topological polar surface area (TPSA) is 92.4 Å². The van der Waals surface area contributed by atoms with Crippen molar-refractivity contribution in [2.45, 2.75) is 19.3 Å². The van der Waals surface area contributed by atoms with Crippen molar-refractivity contribution in [2.75, 3.05) is 11.1 Å². The van der Waals surface area contributed by atoms with Gasteiger partial charge >= 0.3 is 5.97 Å². The number of thiophene rings is 1. The SMILES string of the molecule is Nc1ccc(NC(=O)CCCC(=O)O)cc1-c1cccs1. The lowest BCUT2D eigenvalue weighted by molar-refractivity contribution is -0.137. The molecule has 0 spiro atoms. The van der Waals surface area contributed by atoms with Gasteiger partial charge in [-0.1, -0.05) is 6.07 Å². The van der Waals surface area contributed by atoms with E-state index in [1.807, 2.05) is 23.6 Å². The fourth-order valence-corrected chi connectivity index (χ4v) is 2.67. The van der Waals surface area contributed by atoms with Gasteiger partial charge in [-0.25, -0.2) is 0 Å². The summed E-state index contributed by atoms with van der Waals surface area (Å²) in [5.74, 6) is -1.09. The van der Waals surface area contributed by atoms with Gasteiger partial charge in [0.2, 0.25) is 5.91 Å². The second kappa shape index (κ2) is 6.90. The van der Waals surface area contributed by atoms with Crippen LogP contribution in [-0.2, 0) is 9.59 Å². The summed E-state index contributed by atoms with van der Waals surface area (Å²) in [5, 5.41) is 13.3. The molecule has 0 saturated heterocycles. The lowest BCUT2D eigenvalue weighted by Crippen LogP contribution is -2.12. The Hall–Kier alpha value is -2.34. The number of carboxylic acid groups (broad SMARTS) is 1. The number of nitrogens with one attached hydrogen (secondary N) is 1. The molecule has 0 aliphatic rings. The molecule has 21 heavy (non-hydrogen) atoms. The fourth-order valence-electron chi connectivity index (χ4n) is 1.90. The van der Waals surface area contributed by atoms with Crippen LogP contribution < -0.4 is 11.1 Å². The molecule has 0 radical (unpaired) electrons. The minimum absolute atomic E-state index is 0.00436. The maximum atomic E-state index is 11.7. The van der Waals surface area contributed by atoms with Gasteiger partial charge in [0.25, 0.3) is 0 Å². The number of carbonyl (C=O) groups is 2. The summed E-state index contributed by atoms with van der Waals surface area (Å²) in [6.07, 6.45) is 0.508. The Labute approximate surface area is 126 Å². The molecule has 0 aliphatic heterocycles. The summed E-state index contributed by atoms with van der Waals surface area (Å²) in [7, 11) is 0. The molecular weight excluding hydrogens is 288 g/mol. The summed E-state index contributed by atoms with van der Waals surface area (Å²) in [5.41, 5.74) is 8.15. The van der Waals surface area contributed by atoms with Gasteiger partial charge in [0, 0.05) is 34.7 Å². The summed E-state index contributed by atoms with van der Waals surface area (Å²) in [6.45, 7) is 0. The number of hydrogen-bond donors (Lipinski definition) is 3. The van der Waals surface area contributed by atoms with E-state index in [4.69, 9.17) is 10.8 Å². The molecule has 0 atom stereocenters. The van der Waals surface area contributed by atoms with Crippen LogP contribution in [0.2, 0.25) is 0 Å². The fraction of sp³-hybridized carbons (Fsp3) is 0.200. The summed E-state index contributed by atoms with van der Waals surface area (Å²) < 4.78 is 0. The van der Waals surface area contributed by atoms with E-state index >= 15 is 0 Å². The Bertz CT molecular complexity index is 638. The predicted octanol–water partition coefficient (Wildman–Crippen LogP) is 3.19. The van der Waals surface area contributed by atoms with Gasteiger partial charge in [-0.15, -0.1) is 11.3 Å². The minimum Gasteiger partial charge on any atom is -0.481 e. The van der Waals surface area contributed by atoms with Crippen LogP contribution in [0, 0.1) is 0 Å². The molecule has 0 bridgehead atoms. The van der Waals surface area contributed by atoms with E-state index in [1.165, 1.54) is 0 Å². The number of nitrogen functional groups attached to an aromatic ring is 1. The smallest absolute Gasteiger partial charge is 0.303 e. The van der Waals surface area contributed by atoms with Crippen molar-refractivity contribution in [3.05, 3.63) is 35.7 Å². The molecule has 6 heteroatoms. The molecule has 0 aliphatic carbocycles. The first-order valence-corrected chi connectivity index (χ1v) is 7.39. The number of rotatable bonds is 6. The number of carbonyl (C=O) groups excluding carboxylic acids is 1. The molecule has 0 unspecified atom stereocenters. The Kier molecular flexibility index (Phi) is 4.94. The molecule has 1 amide bonds. The second-order valence-corrected chi connectivity index (χ2v) is 5.52. The van der Waals surface area contributed by atoms with Crippen LogP contribution in [0.5, 0.6) is 0 Å². The zero-order valence-corrected chi connectivity index (χ0v) is 12.2. The molecule has 1 aromatic heterocycles. The molecule has 2 aromatic rings. The zero-order chi connectivity index (χ0) is 15.2. The van der Waals surface area contributed by atoms with E-state index in [0.717, 1.165) is 10.4 Å². The van der Waals surface area contributed by atoms with E-state index in [-0.39, 0.29) is 18.7 Å². The normalized spacial score (nSPS) is 10.3. The zero-order valence-electron chi connectivity index (χ0n) is 11.3. The van der Waals surface area contributed by atoms with Gasteiger partial charge in [0.05, 0.1) is 0 Å². The molecular formula is C15H16N2O3S. The highest BCUT2D eigenvalue weighted by molar-refractivity contribution is 7.13. The van der Waals surface area contributed by atoms with Gasteiger partial charge in [0.1, 0.15) is 0 Å². The largest absolute Gasteiger partial charge is 0.481 e. The minimum atomic E-state index is -0.893.